The quantitative estimate of drug-likeness (QED) is 0.621. The molecule has 0 bridgehead atoms. The van der Waals surface area contributed by atoms with E-state index in [0.29, 0.717) is 37.5 Å². The fourth-order valence-corrected chi connectivity index (χ4v) is 4.82. The predicted octanol–water partition coefficient (Wildman–Crippen LogP) is 3.39. The average Bonchev–Trinajstić information content (AvgIpc) is 3.46. The second-order valence-electron chi connectivity index (χ2n) is 8.90. The molecule has 2 aromatic rings. The van der Waals surface area contributed by atoms with Crippen molar-refractivity contribution in [3.8, 4) is 0 Å². The van der Waals surface area contributed by atoms with Gasteiger partial charge in [-0.15, -0.1) is 0 Å². The molecule has 0 radical (unpaired) electrons. The highest BCUT2D eigenvalue weighted by atomic mass is 16.5. The first kappa shape index (κ1) is 22.5. The molecule has 0 unspecified atom stereocenters. The number of benzene rings is 1. The number of para-hydroxylation sites is 1. The molecular formula is C24H33N5O3. The van der Waals surface area contributed by atoms with Crippen molar-refractivity contribution < 1.29 is 14.1 Å². The second-order valence-corrected chi connectivity index (χ2v) is 8.90. The van der Waals surface area contributed by atoms with Gasteiger partial charge in [-0.1, -0.05) is 50.0 Å². The van der Waals surface area contributed by atoms with Crippen LogP contribution in [0.25, 0.3) is 0 Å². The van der Waals surface area contributed by atoms with Crippen LogP contribution < -0.4 is 10.6 Å². The van der Waals surface area contributed by atoms with Crippen LogP contribution in [0.4, 0.5) is 5.69 Å². The van der Waals surface area contributed by atoms with E-state index in [1.165, 1.54) is 0 Å². The maximum absolute atomic E-state index is 12.9. The molecule has 1 aliphatic heterocycles. The minimum absolute atomic E-state index is 0.00806. The summed E-state index contributed by atoms with van der Waals surface area (Å²) in [6.07, 6.45) is 5.12. The van der Waals surface area contributed by atoms with Crippen molar-refractivity contribution in [2.24, 2.45) is 5.92 Å². The Kier molecular flexibility index (Phi) is 6.89. The number of carbonyl (C=O) groups excluding carboxylic acids is 2. The standard InChI is InChI=1S/C24H33N5O3/c1-3-29(4-2)16-21-26-23(28-32-21)24(13-7-8-14-24)27-20(30)12-11-18-15-17-9-5-6-10-19(17)25-22(18)31/h5-6,9-10,18H,3-4,7-8,11-16H2,1-2H3,(H,25,31)(H,27,30)/t18-/m0/s1. The Morgan fingerprint density at radius 1 is 1.25 bits per heavy atom. The van der Waals surface area contributed by atoms with Gasteiger partial charge in [-0.05, 0) is 50.4 Å². The number of nitrogens with one attached hydrogen (secondary N) is 2. The van der Waals surface area contributed by atoms with Gasteiger partial charge in [0, 0.05) is 18.0 Å². The molecule has 1 saturated carbocycles. The third-order valence-corrected chi connectivity index (χ3v) is 6.82. The number of fused-ring (bicyclic) bond motifs is 1. The molecule has 0 saturated heterocycles. The SMILES string of the molecule is CCN(CC)Cc1nc(C2(NC(=O)CC[C@H]3Cc4ccccc4NC3=O)CCCC2)no1. The van der Waals surface area contributed by atoms with Gasteiger partial charge in [0.15, 0.2) is 5.82 Å². The highest BCUT2D eigenvalue weighted by molar-refractivity contribution is 5.96. The van der Waals surface area contributed by atoms with Gasteiger partial charge in [0.1, 0.15) is 5.54 Å². The van der Waals surface area contributed by atoms with E-state index in [0.717, 1.165) is 50.0 Å². The zero-order valence-corrected chi connectivity index (χ0v) is 19.0. The van der Waals surface area contributed by atoms with Gasteiger partial charge in [0.25, 0.3) is 0 Å². The number of carbonyl (C=O) groups is 2. The minimum Gasteiger partial charge on any atom is -0.343 e. The average molecular weight is 440 g/mol. The van der Waals surface area contributed by atoms with E-state index in [4.69, 9.17) is 4.52 Å². The maximum atomic E-state index is 12.9. The van der Waals surface area contributed by atoms with Gasteiger partial charge >= 0.3 is 0 Å². The van der Waals surface area contributed by atoms with E-state index < -0.39 is 5.54 Å². The molecule has 32 heavy (non-hydrogen) atoms. The molecule has 172 valence electrons. The van der Waals surface area contributed by atoms with E-state index in [1.807, 2.05) is 24.3 Å². The molecule has 2 N–H and O–H groups in total. The van der Waals surface area contributed by atoms with Crippen LogP contribution in [0.3, 0.4) is 0 Å². The summed E-state index contributed by atoms with van der Waals surface area (Å²) in [4.78, 5) is 32.2. The van der Waals surface area contributed by atoms with Gasteiger partial charge in [0.2, 0.25) is 17.7 Å². The predicted molar refractivity (Wildman–Crippen MR) is 121 cm³/mol. The second kappa shape index (κ2) is 9.81. The van der Waals surface area contributed by atoms with Gasteiger partial charge in [-0.2, -0.15) is 4.98 Å². The van der Waals surface area contributed by atoms with Crippen molar-refractivity contribution >= 4 is 17.5 Å². The molecule has 4 rings (SSSR count). The van der Waals surface area contributed by atoms with Crippen molar-refractivity contribution in [1.82, 2.24) is 20.4 Å². The van der Waals surface area contributed by atoms with Crippen molar-refractivity contribution in [1.29, 1.82) is 0 Å². The number of amides is 2. The number of anilines is 1. The van der Waals surface area contributed by atoms with Crippen LogP contribution in [-0.4, -0.2) is 39.9 Å². The lowest BCUT2D eigenvalue weighted by Gasteiger charge is -2.28. The Balaban J connectivity index is 1.38. The van der Waals surface area contributed by atoms with Crippen molar-refractivity contribution in [2.75, 3.05) is 18.4 Å². The van der Waals surface area contributed by atoms with Crippen LogP contribution in [0.15, 0.2) is 28.8 Å². The fourth-order valence-electron chi connectivity index (χ4n) is 4.82. The van der Waals surface area contributed by atoms with Gasteiger partial charge < -0.3 is 15.2 Å². The van der Waals surface area contributed by atoms with Crippen molar-refractivity contribution in [3.05, 3.63) is 41.5 Å². The monoisotopic (exact) mass is 439 g/mol. The number of aromatic nitrogens is 2. The summed E-state index contributed by atoms with van der Waals surface area (Å²) in [5.41, 5.74) is 1.43. The molecule has 8 heteroatoms. The van der Waals surface area contributed by atoms with Crippen molar-refractivity contribution in [2.45, 2.75) is 70.9 Å². The highest BCUT2D eigenvalue weighted by Gasteiger charge is 2.41. The molecule has 1 fully saturated rings. The van der Waals surface area contributed by atoms with Crippen LogP contribution in [-0.2, 0) is 28.1 Å². The number of nitrogens with zero attached hydrogens (tertiary/aromatic N) is 3. The summed E-state index contributed by atoms with van der Waals surface area (Å²) in [6.45, 7) is 6.64. The topological polar surface area (TPSA) is 100 Å². The third kappa shape index (κ3) is 4.85. The normalized spacial score (nSPS) is 19.6. The molecule has 1 aromatic heterocycles. The van der Waals surface area contributed by atoms with Crippen LogP contribution in [0.1, 0.15) is 69.7 Å². The fraction of sp³-hybridized carbons (Fsp3) is 0.583. The minimum atomic E-state index is -0.566. The third-order valence-electron chi connectivity index (χ3n) is 6.82. The van der Waals surface area contributed by atoms with Crippen LogP contribution in [0, 0.1) is 5.92 Å². The first-order chi connectivity index (χ1) is 15.5. The van der Waals surface area contributed by atoms with Crippen LogP contribution in [0.2, 0.25) is 0 Å². The van der Waals surface area contributed by atoms with Crippen LogP contribution in [0.5, 0.6) is 0 Å². The number of rotatable bonds is 9. The van der Waals surface area contributed by atoms with E-state index in [1.54, 1.807) is 0 Å². The van der Waals surface area contributed by atoms with Gasteiger partial charge in [-0.25, -0.2) is 0 Å². The zero-order valence-electron chi connectivity index (χ0n) is 19.0. The molecule has 1 aromatic carbocycles. The largest absolute Gasteiger partial charge is 0.343 e. The smallest absolute Gasteiger partial charge is 0.240 e. The lowest BCUT2D eigenvalue weighted by Crippen LogP contribution is -2.45. The first-order valence-corrected chi connectivity index (χ1v) is 11.8. The molecule has 2 amide bonds. The molecule has 2 aliphatic rings. The summed E-state index contributed by atoms with van der Waals surface area (Å²) in [6, 6.07) is 7.84. The summed E-state index contributed by atoms with van der Waals surface area (Å²) in [7, 11) is 0. The summed E-state index contributed by atoms with van der Waals surface area (Å²) >= 11 is 0. The molecular weight excluding hydrogens is 406 g/mol. The number of hydrogen-bond acceptors (Lipinski definition) is 6. The Labute approximate surface area is 189 Å². The van der Waals surface area contributed by atoms with Gasteiger partial charge in [0.05, 0.1) is 6.54 Å². The lowest BCUT2D eigenvalue weighted by molar-refractivity contribution is -0.124. The molecule has 1 aliphatic carbocycles. The Morgan fingerprint density at radius 2 is 2.00 bits per heavy atom. The highest BCUT2D eigenvalue weighted by Crippen LogP contribution is 2.37. The molecule has 2 heterocycles. The van der Waals surface area contributed by atoms with E-state index in [-0.39, 0.29) is 17.7 Å². The van der Waals surface area contributed by atoms with Crippen molar-refractivity contribution in [3.63, 3.8) is 0 Å². The van der Waals surface area contributed by atoms with E-state index in [9.17, 15) is 9.59 Å². The summed E-state index contributed by atoms with van der Waals surface area (Å²) < 4.78 is 5.51. The summed E-state index contributed by atoms with van der Waals surface area (Å²) in [5, 5.41) is 10.4. The molecule has 0 spiro atoms. The molecule has 8 nitrogen and oxygen atoms in total. The Morgan fingerprint density at radius 3 is 2.75 bits per heavy atom. The number of hydrogen-bond donors (Lipinski definition) is 2. The Bertz CT molecular complexity index is 947. The first-order valence-electron chi connectivity index (χ1n) is 11.8. The summed E-state index contributed by atoms with van der Waals surface area (Å²) in [5.74, 6) is 0.901. The van der Waals surface area contributed by atoms with Gasteiger partial charge in [-0.3, -0.25) is 14.5 Å². The van der Waals surface area contributed by atoms with E-state index in [2.05, 4.69) is 39.5 Å². The zero-order chi connectivity index (χ0) is 22.6. The van der Waals surface area contributed by atoms with Crippen LogP contribution >= 0.6 is 0 Å². The maximum Gasteiger partial charge on any atom is 0.240 e. The molecule has 1 atom stereocenters. The van der Waals surface area contributed by atoms with E-state index >= 15 is 0 Å². The Hall–Kier alpha value is -2.74. The lowest BCUT2D eigenvalue weighted by atomic mass is 9.89.